The molecule has 5 rings (SSSR count). The number of aromatic nitrogens is 3. The smallest absolute Gasteiger partial charge is 0.356 e. The van der Waals surface area contributed by atoms with E-state index in [1.54, 1.807) is 24.5 Å². The Hall–Kier alpha value is -3.89. The van der Waals surface area contributed by atoms with E-state index in [9.17, 15) is 13.2 Å². The molecule has 39 heavy (non-hydrogen) atoms. The number of rotatable bonds is 9. The number of hydrogen-bond acceptors (Lipinski definition) is 6. The molecule has 1 aliphatic carbocycles. The van der Waals surface area contributed by atoms with Crippen LogP contribution in [0.5, 0.6) is 0 Å². The van der Waals surface area contributed by atoms with Crippen molar-refractivity contribution in [1.29, 1.82) is 0 Å². The second-order valence-electron chi connectivity index (χ2n) is 8.77. The molecule has 4 aromatic rings. The third kappa shape index (κ3) is 7.15. The largest absolute Gasteiger partial charge is 0.401 e. The van der Waals surface area contributed by atoms with Crippen LogP contribution in [0.15, 0.2) is 89.9 Å². The lowest BCUT2D eigenvalue weighted by atomic mass is 10.1. The quantitative estimate of drug-likeness (QED) is 0.199. The van der Waals surface area contributed by atoms with Crippen LogP contribution in [0.1, 0.15) is 31.4 Å². The third-order valence-corrected chi connectivity index (χ3v) is 6.70. The summed E-state index contributed by atoms with van der Waals surface area (Å²) in [5.41, 5.74) is 8.07. The number of imidazole rings is 1. The van der Waals surface area contributed by atoms with E-state index in [0.717, 1.165) is 50.3 Å². The fraction of sp³-hybridized carbons (Fsp3) is 0.241. The third-order valence-electron chi connectivity index (χ3n) is 5.94. The highest BCUT2D eigenvalue weighted by atomic mass is 32.1. The van der Waals surface area contributed by atoms with Crippen LogP contribution in [-0.4, -0.2) is 27.1 Å². The number of nitrogens with one attached hydrogen (secondary N) is 3. The van der Waals surface area contributed by atoms with E-state index in [1.807, 2.05) is 54.0 Å². The van der Waals surface area contributed by atoms with Crippen LogP contribution in [0.3, 0.4) is 0 Å². The lowest BCUT2D eigenvalue weighted by Gasteiger charge is -2.13. The average Bonchev–Trinajstić information content (AvgIpc) is 3.66. The minimum atomic E-state index is -4.25. The van der Waals surface area contributed by atoms with Crippen LogP contribution in [0, 0.1) is 6.92 Å². The molecule has 6 nitrogen and oxygen atoms in total. The maximum Gasteiger partial charge on any atom is 0.401 e. The van der Waals surface area contributed by atoms with Gasteiger partial charge in [-0.25, -0.2) is 9.97 Å². The molecule has 1 aromatic carbocycles. The summed E-state index contributed by atoms with van der Waals surface area (Å²) in [6, 6.07) is 11.6. The Balaban J connectivity index is 0.00000172. The number of para-hydroxylation sites is 1. The number of aryl methyl sites for hydroxylation is 1. The molecule has 0 aliphatic heterocycles. The second-order valence-corrected chi connectivity index (χ2v) is 9.63. The van der Waals surface area contributed by atoms with E-state index in [2.05, 4.69) is 40.5 Å². The Kier molecular flexibility index (Phi) is 8.88. The number of anilines is 2. The van der Waals surface area contributed by atoms with Crippen molar-refractivity contribution in [3.63, 3.8) is 0 Å². The predicted molar refractivity (Wildman–Crippen MR) is 154 cm³/mol. The van der Waals surface area contributed by atoms with Crippen molar-refractivity contribution in [3.05, 3.63) is 101 Å². The van der Waals surface area contributed by atoms with Crippen molar-refractivity contribution in [3.8, 4) is 11.4 Å². The first-order valence-corrected chi connectivity index (χ1v) is 13.5. The molecule has 0 saturated carbocycles. The first-order chi connectivity index (χ1) is 18.7. The van der Waals surface area contributed by atoms with Gasteiger partial charge in [-0.05, 0) is 41.8 Å². The molecule has 3 heterocycles. The lowest BCUT2D eigenvalue weighted by Crippen LogP contribution is -2.28. The molecule has 0 amide bonds. The Morgan fingerprint density at radius 2 is 1.92 bits per heavy atom. The van der Waals surface area contributed by atoms with E-state index in [-0.39, 0.29) is 6.54 Å². The van der Waals surface area contributed by atoms with Crippen molar-refractivity contribution in [2.45, 2.75) is 39.9 Å². The van der Waals surface area contributed by atoms with Crippen LogP contribution < -0.4 is 16.0 Å². The van der Waals surface area contributed by atoms with Gasteiger partial charge in [-0.2, -0.15) is 13.2 Å². The highest BCUT2D eigenvalue weighted by Gasteiger charge is 2.26. The molecule has 0 fully saturated rings. The van der Waals surface area contributed by atoms with Gasteiger partial charge in [-0.3, -0.25) is 4.40 Å². The van der Waals surface area contributed by atoms with Gasteiger partial charge in [-0.15, -0.1) is 11.3 Å². The second kappa shape index (κ2) is 12.3. The van der Waals surface area contributed by atoms with E-state index < -0.39 is 12.7 Å². The van der Waals surface area contributed by atoms with Gasteiger partial charge in [0.25, 0.3) is 0 Å². The Morgan fingerprint density at radius 1 is 1.13 bits per heavy atom. The first-order valence-electron chi connectivity index (χ1n) is 12.6. The number of fused-ring (bicyclic) bond motifs is 1. The number of benzene rings is 1. The number of halogens is 3. The van der Waals surface area contributed by atoms with Crippen molar-refractivity contribution < 1.29 is 13.2 Å². The van der Waals surface area contributed by atoms with Gasteiger partial charge in [0.2, 0.25) is 0 Å². The minimum Gasteiger partial charge on any atom is -0.356 e. The predicted octanol–water partition coefficient (Wildman–Crippen LogP) is 7.70. The summed E-state index contributed by atoms with van der Waals surface area (Å²) >= 11 is 1.48. The minimum absolute atomic E-state index is 0.102. The molecule has 3 aromatic heterocycles. The summed E-state index contributed by atoms with van der Waals surface area (Å²) in [6.45, 7) is 9.32. The van der Waals surface area contributed by atoms with Crippen LogP contribution in [0.2, 0.25) is 0 Å². The van der Waals surface area contributed by atoms with Crippen molar-refractivity contribution in [2.75, 3.05) is 17.2 Å². The van der Waals surface area contributed by atoms with Gasteiger partial charge in [0, 0.05) is 41.6 Å². The van der Waals surface area contributed by atoms with Gasteiger partial charge in [0.05, 0.1) is 18.4 Å². The Labute approximate surface area is 230 Å². The molecule has 1 aliphatic rings. The van der Waals surface area contributed by atoms with Crippen LogP contribution in [0.25, 0.3) is 17.0 Å². The molecule has 0 atom stereocenters. The fourth-order valence-corrected chi connectivity index (χ4v) is 4.76. The molecule has 10 heteroatoms. The SMILES string of the molecule is C=C(Nc1ccccc1C)C1=CC=C(Nc2nc(-c3cnc4ccc(CNCC(F)(F)F)cn34)cs2)C1.CC. The molecule has 0 unspecified atom stereocenters. The summed E-state index contributed by atoms with van der Waals surface area (Å²) in [7, 11) is 0. The molecule has 0 radical (unpaired) electrons. The number of alkyl halides is 3. The van der Waals surface area contributed by atoms with Gasteiger partial charge >= 0.3 is 6.18 Å². The Morgan fingerprint density at radius 3 is 2.69 bits per heavy atom. The summed E-state index contributed by atoms with van der Waals surface area (Å²) < 4.78 is 39.2. The highest BCUT2D eigenvalue weighted by Crippen LogP contribution is 2.31. The molecular formula is C29H31F3N6S. The number of thiazole rings is 1. The Bertz CT molecular complexity index is 1510. The molecule has 0 bridgehead atoms. The van der Waals surface area contributed by atoms with Gasteiger partial charge in [0.1, 0.15) is 11.3 Å². The molecule has 0 spiro atoms. The summed E-state index contributed by atoms with van der Waals surface area (Å²) in [5, 5.41) is 11.9. The summed E-state index contributed by atoms with van der Waals surface area (Å²) in [6.07, 6.45) is 4.03. The van der Waals surface area contributed by atoms with Crippen LogP contribution >= 0.6 is 11.3 Å². The zero-order valence-electron chi connectivity index (χ0n) is 22.1. The summed E-state index contributed by atoms with van der Waals surface area (Å²) in [4.78, 5) is 9.13. The van der Waals surface area contributed by atoms with Crippen molar-refractivity contribution in [2.24, 2.45) is 0 Å². The fourth-order valence-electron chi connectivity index (χ4n) is 4.03. The van der Waals surface area contributed by atoms with E-state index in [0.29, 0.717) is 12.1 Å². The standard InChI is InChI=1S/C27H25F3N6S.C2H6/c1-17-5-3-4-6-22(17)33-18(2)20-8-9-21(11-20)34-26-35-23(15-37-26)24-13-32-25-10-7-19(14-36(24)25)12-31-16-27(28,29)30;1-2/h3-10,13-15,31,33H,2,11-12,16H2,1H3,(H,34,35);1-2H3. The van der Waals surface area contributed by atoms with Crippen molar-refractivity contribution >= 4 is 27.8 Å². The maximum absolute atomic E-state index is 12.5. The number of hydrogen-bond donors (Lipinski definition) is 3. The lowest BCUT2D eigenvalue weighted by molar-refractivity contribution is -0.125. The summed E-state index contributed by atoms with van der Waals surface area (Å²) in [5.74, 6) is 0. The zero-order valence-corrected chi connectivity index (χ0v) is 22.9. The zero-order chi connectivity index (χ0) is 28.0. The van der Waals surface area contributed by atoms with E-state index in [1.165, 1.54) is 11.3 Å². The normalized spacial score (nSPS) is 13.0. The molecule has 204 valence electrons. The van der Waals surface area contributed by atoms with Gasteiger partial charge in [-0.1, -0.05) is 50.8 Å². The highest BCUT2D eigenvalue weighted by molar-refractivity contribution is 7.14. The monoisotopic (exact) mass is 552 g/mol. The van der Waals surface area contributed by atoms with Crippen LogP contribution in [-0.2, 0) is 6.54 Å². The molecule has 0 saturated heterocycles. The van der Waals surface area contributed by atoms with Crippen molar-refractivity contribution in [1.82, 2.24) is 19.7 Å². The molecular weight excluding hydrogens is 521 g/mol. The average molecular weight is 553 g/mol. The number of allylic oxidation sites excluding steroid dienone is 4. The van der Waals surface area contributed by atoms with E-state index >= 15 is 0 Å². The van der Waals surface area contributed by atoms with Gasteiger partial charge in [0.15, 0.2) is 5.13 Å². The number of nitrogens with zero attached hydrogens (tertiary/aromatic N) is 3. The van der Waals surface area contributed by atoms with Crippen LogP contribution in [0.4, 0.5) is 24.0 Å². The first kappa shape index (κ1) is 28.1. The topological polar surface area (TPSA) is 66.3 Å². The maximum atomic E-state index is 12.5. The molecule has 3 N–H and O–H groups in total. The number of pyridine rings is 1. The van der Waals surface area contributed by atoms with Gasteiger partial charge < -0.3 is 16.0 Å². The van der Waals surface area contributed by atoms with E-state index in [4.69, 9.17) is 4.98 Å².